The number of likely N-dealkylation sites (tertiary alicyclic amines) is 1. The Balaban J connectivity index is 2.24. The minimum atomic E-state index is -0.875. The predicted molar refractivity (Wildman–Crippen MR) is 200 cm³/mol. The van der Waals surface area contributed by atoms with Gasteiger partial charge in [-0.15, -0.1) is 0 Å². The number of benzene rings is 1. The molecule has 1 fully saturated rings. The second kappa shape index (κ2) is 20.8. The number of nitrogens with zero attached hydrogens (tertiary/aromatic N) is 2. The molecule has 10 atom stereocenters. The van der Waals surface area contributed by atoms with Gasteiger partial charge in [0.25, 0.3) is 0 Å². The van der Waals surface area contributed by atoms with Crippen LogP contribution < -0.4 is 16.0 Å². The van der Waals surface area contributed by atoms with Crippen LogP contribution in [0.15, 0.2) is 30.3 Å². The van der Waals surface area contributed by atoms with Crippen LogP contribution in [0.5, 0.6) is 0 Å². The molecule has 0 saturated carbocycles. The maximum Gasteiger partial charge on any atom is 0.245 e. The molecule has 12 heteroatoms. The molecule has 1 aliphatic rings. The lowest BCUT2D eigenvalue weighted by Gasteiger charge is -2.41. The number of ether oxygens (including phenoxy) is 2. The lowest BCUT2D eigenvalue weighted by molar-refractivity contribution is -0.148. The van der Waals surface area contributed by atoms with E-state index in [1.54, 1.807) is 52.0 Å². The molecular formula is C39H67N5O7. The Morgan fingerprint density at radius 2 is 1.53 bits per heavy atom. The molecule has 9 unspecified atom stereocenters. The van der Waals surface area contributed by atoms with E-state index in [4.69, 9.17) is 9.47 Å². The first kappa shape index (κ1) is 44.1. The summed E-state index contributed by atoms with van der Waals surface area (Å²) in [4.78, 5) is 58.3. The molecule has 12 nitrogen and oxygen atoms in total. The van der Waals surface area contributed by atoms with E-state index >= 15 is 0 Å². The zero-order chi connectivity index (χ0) is 38.6. The highest BCUT2D eigenvalue weighted by Crippen LogP contribution is 2.30. The molecule has 4 amide bonds. The van der Waals surface area contributed by atoms with Crippen molar-refractivity contribution in [3.63, 3.8) is 0 Å². The van der Waals surface area contributed by atoms with Gasteiger partial charge in [-0.1, -0.05) is 85.2 Å². The van der Waals surface area contributed by atoms with E-state index in [1.165, 1.54) is 0 Å². The van der Waals surface area contributed by atoms with Gasteiger partial charge < -0.3 is 40.3 Å². The van der Waals surface area contributed by atoms with Gasteiger partial charge in [0.2, 0.25) is 23.6 Å². The van der Waals surface area contributed by atoms with Crippen molar-refractivity contribution in [3.8, 4) is 0 Å². The highest BCUT2D eigenvalue weighted by atomic mass is 16.5. The fourth-order valence-corrected chi connectivity index (χ4v) is 7.42. The molecule has 0 aliphatic carbocycles. The molecule has 0 spiro atoms. The van der Waals surface area contributed by atoms with Gasteiger partial charge in [-0.25, -0.2) is 0 Å². The maximum atomic E-state index is 14.1. The minimum absolute atomic E-state index is 0.0148. The monoisotopic (exact) mass is 718 g/mol. The summed E-state index contributed by atoms with van der Waals surface area (Å²) in [6.45, 7) is 15.9. The summed E-state index contributed by atoms with van der Waals surface area (Å²) in [5, 5.41) is 19.8. The quantitative estimate of drug-likeness (QED) is 0.160. The van der Waals surface area contributed by atoms with Gasteiger partial charge >= 0.3 is 0 Å². The van der Waals surface area contributed by atoms with Crippen molar-refractivity contribution in [2.75, 3.05) is 34.9 Å². The lowest BCUT2D eigenvalue weighted by atomic mass is 9.89. The van der Waals surface area contributed by atoms with Crippen LogP contribution in [-0.2, 0) is 28.7 Å². The van der Waals surface area contributed by atoms with E-state index in [-0.39, 0.29) is 53.8 Å². The zero-order valence-corrected chi connectivity index (χ0v) is 33.1. The third-order valence-electron chi connectivity index (χ3n) is 10.7. The second-order valence-corrected chi connectivity index (χ2v) is 15.0. The largest absolute Gasteiger partial charge is 0.386 e. The van der Waals surface area contributed by atoms with E-state index in [0.717, 1.165) is 12.8 Å². The van der Waals surface area contributed by atoms with Crippen molar-refractivity contribution in [2.24, 2.45) is 23.7 Å². The fraction of sp³-hybridized carbons (Fsp3) is 0.744. The number of hydrogen-bond donors (Lipinski definition) is 4. The number of aliphatic hydroxyl groups excluding tert-OH is 1. The Labute approximate surface area is 306 Å². The number of aliphatic hydroxyl groups is 1. The molecular weight excluding hydrogens is 650 g/mol. The lowest BCUT2D eigenvalue weighted by Crippen LogP contribution is -2.59. The third kappa shape index (κ3) is 11.5. The maximum absolute atomic E-state index is 14.1. The second-order valence-electron chi connectivity index (χ2n) is 15.0. The molecule has 0 radical (unpaired) electrons. The highest BCUT2D eigenvalue weighted by molar-refractivity contribution is 5.90. The molecule has 1 aliphatic heterocycles. The summed E-state index contributed by atoms with van der Waals surface area (Å²) in [5.41, 5.74) is 0.711. The van der Waals surface area contributed by atoms with E-state index in [1.807, 2.05) is 71.9 Å². The molecule has 2 rings (SSSR count). The topological polar surface area (TPSA) is 150 Å². The third-order valence-corrected chi connectivity index (χ3v) is 10.7. The number of likely N-dealkylation sites (N-methyl/N-ethyl adjacent to an activating group) is 2. The van der Waals surface area contributed by atoms with Crippen molar-refractivity contribution >= 4 is 23.6 Å². The summed E-state index contributed by atoms with van der Waals surface area (Å²) >= 11 is 0. The van der Waals surface area contributed by atoms with Gasteiger partial charge in [-0.05, 0) is 50.1 Å². The van der Waals surface area contributed by atoms with Crippen molar-refractivity contribution in [3.05, 3.63) is 35.9 Å². The Kier molecular flexibility index (Phi) is 18.0. The SMILES string of the molecule is CCC(C)C(C(CC(=O)N1CCCC1C(OC)C(C)C(=O)NC(C)C(O)c1ccccc1)OC)N(C)C(=O)[C@@H](NC(=O)C(NC)C(C)C)C(C)C. The van der Waals surface area contributed by atoms with E-state index in [9.17, 15) is 24.3 Å². The molecule has 4 N–H and O–H groups in total. The van der Waals surface area contributed by atoms with E-state index < -0.39 is 48.4 Å². The average molecular weight is 718 g/mol. The van der Waals surface area contributed by atoms with Crippen molar-refractivity contribution in [1.82, 2.24) is 25.8 Å². The molecule has 1 saturated heterocycles. The zero-order valence-electron chi connectivity index (χ0n) is 33.1. The van der Waals surface area contributed by atoms with Crippen LogP contribution in [-0.4, -0.2) is 116 Å². The standard InChI is InChI=1S/C39H67N5O7/c1-13-25(6)34(43(10)39(49)33(24(4)5)42-38(48)32(40-9)23(2)3)30(50-11)22-31(45)44-21-17-20-29(44)36(51-12)26(7)37(47)41-27(8)35(46)28-18-15-14-16-19-28/h14-16,18-19,23-27,29-30,32-36,40,46H,13,17,20-22H2,1-12H3,(H,41,47)(H,42,48)/t25?,26?,27?,29?,30?,32?,33-,34?,35?,36?/m0/s1. The van der Waals surface area contributed by atoms with Crippen LogP contribution in [0, 0.1) is 23.7 Å². The first-order valence-electron chi connectivity index (χ1n) is 18.7. The van der Waals surface area contributed by atoms with Crippen molar-refractivity contribution in [1.29, 1.82) is 0 Å². The number of hydrogen-bond acceptors (Lipinski definition) is 8. The van der Waals surface area contributed by atoms with Gasteiger partial charge in [0.1, 0.15) is 6.04 Å². The van der Waals surface area contributed by atoms with E-state index in [2.05, 4.69) is 16.0 Å². The van der Waals surface area contributed by atoms with Crippen LogP contribution in [0.1, 0.15) is 92.7 Å². The first-order valence-corrected chi connectivity index (χ1v) is 18.7. The Bertz CT molecular complexity index is 1250. The van der Waals surface area contributed by atoms with Gasteiger partial charge in [0.15, 0.2) is 0 Å². The summed E-state index contributed by atoms with van der Waals surface area (Å²) in [6, 6.07) is 6.67. The first-order chi connectivity index (χ1) is 24.0. The molecule has 51 heavy (non-hydrogen) atoms. The summed E-state index contributed by atoms with van der Waals surface area (Å²) < 4.78 is 11.9. The van der Waals surface area contributed by atoms with Gasteiger partial charge in [-0.3, -0.25) is 19.2 Å². The Hall–Kier alpha value is -3.06. The van der Waals surface area contributed by atoms with Gasteiger partial charge in [-0.2, -0.15) is 0 Å². The highest BCUT2D eigenvalue weighted by Gasteiger charge is 2.43. The predicted octanol–water partition coefficient (Wildman–Crippen LogP) is 3.53. The number of carbonyl (C=O) groups is 4. The van der Waals surface area contributed by atoms with Crippen LogP contribution in [0.2, 0.25) is 0 Å². The number of methoxy groups -OCH3 is 2. The van der Waals surface area contributed by atoms with Crippen LogP contribution in [0.25, 0.3) is 0 Å². The average Bonchev–Trinajstić information content (AvgIpc) is 3.59. The Morgan fingerprint density at radius 3 is 2.04 bits per heavy atom. The number of rotatable bonds is 20. The number of amides is 4. The Morgan fingerprint density at radius 1 is 0.922 bits per heavy atom. The molecule has 1 aromatic carbocycles. The van der Waals surface area contributed by atoms with Gasteiger partial charge in [0, 0.05) is 27.8 Å². The van der Waals surface area contributed by atoms with Crippen molar-refractivity contribution < 1.29 is 33.8 Å². The van der Waals surface area contributed by atoms with Crippen molar-refractivity contribution in [2.45, 2.75) is 130 Å². The van der Waals surface area contributed by atoms with E-state index in [0.29, 0.717) is 18.5 Å². The molecule has 290 valence electrons. The number of carbonyl (C=O) groups excluding carboxylic acids is 4. The summed E-state index contributed by atoms with van der Waals surface area (Å²) in [5.74, 6) is -1.62. The van der Waals surface area contributed by atoms with Crippen LogP contribution in [0.3, 0.4) is 0 Å². The molecule has 1 heterocycles. The van der Waals surface area contributed by atoms with Crippen LogP contribution >= 0.6 is 0 Å². The normalized spacial score (nSPS) is 20.1. The summed E-state index contributed by atoms with van der Waals surface area (Å²) in [6.07, 6.45) is 0.147. The molecule has 0 aromatic heterocycles. The van der Waals surface area contributed by atoms with Crippen LogP contribution in [0.4, 0.5) is 0 Å². The number of nitrogens with one attached hydrogen (secondary N) is 3. The van der Waals surface area contributed by atoms with Gasteiger partial charge in [0.05, 0.1) is 54.8 Å². The molecule has 0 bridgehead atoms. The molecule has 1 aromatic rings. The smallest absolute Gasteiger partial charge is 0.245 e. The minimum Gasteiger partial charge on any atom is -0.386 e. The summed E-state index contributed by atoms with van der Waals surface area (Å²) in [7, 11) is 6.57. The fourth-order valence-electron chi connectivity index (χ4n) is 7.42.